The zero-order valence-corrected chi connectivity index (χ0v) is 13.2. The Balaban J connectivity index is 2.07. The fourth-order valence-corrected chi connectivity index (χ4v) is 2.62. The molecule has 22 heavy (non-hydrogen) atoms. The summed E-state index contributed by atoms with van der Waals surface area (Å²) in [5.74, 6) is 1.32. The van der Waals surface area contributed by atoms with E-state index in [9.17, 15) is 5.11 Å². The van der Waals surface area contributed by atoms with Crippen LogP contribution in [0.4, 0.5) is 0 Å². The van der Waals surface area contributed by atoms with E-state index in [0.717, 1.165) is 29.0 Å². The number of rotatable bonds is 3. The predicted octanol–water partition coefficient (Wildman–Crippen LogP) is 3.77. The lowest BCUT2D eigenvalue weighted by atomic mass is 9.92. The van der Waals surface area contributed by atoms with Crippen molar-refractivity contribution in [2.45, 2.75) is 33.7 Å². The second-order valence-electron chi connectivity index (χ2n) is 6.87. The highest BCUT2D eigenvalue weighted by atomic mass is 16.3. The molecule has 0 radical (unpaired) electrons. The van der Waals surface area contributed by atoms with Crippen LogP contribution in [0.25, 0.3) is 11.2 Å². The van der Waals surface area contributed by atoms with Gasteiger partial charge in [0, 0.05) is 12.6 Å². The van der Waals surface area contributed by atoms with Crippen LogP contribution in [0, 0.1) is 5.41 Å². The summed E-state index contributed by atoms with van der Waals surface area (Å²) in [6, 6.07) is 11.2. The molecule has 0 aliphatic carbocycles. The number of aromatic nitrogens is 3. The Bertz CT molecular complexity index is 799. The Morgan fingerprint density at radius 2 is 1.95 bits per heavy atom. The lowest BCUT2D eigenvalue weighted by molar-refractivity contribution is 0.394. The van der Waals surface area contributed by atoms with E-state index in [1.807, 2.05) is 24.3 Å². The Morgan fingerprint density at radius 3 is 2.68 bits per heavy atom. The summed E-state index contributed by atoms with van der Waals surface area (Å²) >= 11 is 0. The lowest BCUT2D eigenvalue weighted by Crippen LogP contribution is -2.15. The van der Waals surface area contributed by atoms with Gasteiger partial charge in [0.15, 0.2) is 5.65 Å². The average Bonchev–Trinajstić information content (AvgIpc) is 2.75. The zero-order chi connectivity index (χ0) is 15.7. The van der Waals surface area contributed by atoms with Crippen molar-refractivity contribution in [3.05, 3.63) is 54.0 Å². The van der Waals surface area contributed by atoms with Crippen molar-refractivity contribution in [3.63, 3.8) is 0 Å². The molecule has 3 rings (SSSR count). The summed E-state index contributed by atoms with van der Waals surface area (Å²) in [6.45, 7) is 7.28. The van der Waals surface area contributed by atoms with Crippen molar-refractivity contribution in [1.82, 2.24) is 14.5 Å². The fourth-order valence-electron chi connectivity index (χ4n) is 2.62. The van der Waals surface area contributed by atoms with Crippen LogP contribution >= 0.6 is 0 Å². The SMILES string of the molecule is CC(C)(C)Cc1nc2cccnc2n1Cc1cccc(O)c1. The lowest BCUT2D eigenvalue weighted by Gasteiger charge is -2.18. The van der Waals surface area contributed by atoms with Crippen LogP contribution in [0.2, 0.25) is 0 Å². The van der Waals surface area contributed by atoms with E-state index in [1.54, 1.807) is 18.3 Å². The smallest absolute Gasteiger partial charge is 0.160 e. The maximum absolute atomic E-state index is 9.67. The Kier molecular flexibility index (Phi) is 3.61. The molecule has 1 aromatic carbocycles. The molecule has 4 nitrogen and oxygen atoms in total. The second-order valence-corrected chi connectivity index (χ2v) is 6.87. The molecule has 0 saturated carbocycles. The number of fused-ring (bicyclic) bond motifs is 1. The first-order chi connectivity index (χ1) is 10.4. The number of pyridine rings is 1. The van der Waals surface area contributed by atoms with E-state index in [1.165, 1.54) is 0 Å². The summed E-state index contributed by atoms with van der Waals surface area (Å²) in [5.41, 5.74) is 3.00. The van der Waals surface area contributed by atoms with E-state index >= 15 is 0 Å². The third kappa shape index (κ3) is 3.11. The van der Waals surface area contributed by atoms with E-state index in [0.29, 0.717) is 6.54 Å². The van der Waals surface area contributed by atoms with E-state index in [2.05, 4.69) is 30.3 Å². The second kappa shape index (κ2) is 5.44. The number of hydrogen-bond acceptors (Lipinski definition) is 3. The zero-order valence-electron chi connectivity index (χ0n) is 13.2. The molecule has 0 unspecified atom stereocenters. The fraction of sp³-hybridized carbons (Fsp3) is 0.333. The van der Waals surface area contributed by atoms with Gasteiger partial charge in [-0.3, -0.25) is 0 Å². The number of aromatic hydroxyl groups is 1. The first-order valence-corrected chi connectivity index (χ1v) is 7.50. The molecule has 2 aromatic heterocycles. The van der Waals surface area contributed by atoms with Crippen molar-refractivity contribution in [2.75, 3.05) is 0 Å². The normalized spacial score (nSPS) is 12.0. The first-order valence-electron chi connectivity index (χ1n) is 7.50. The van der Waals surface area contributed by atoms with Gasteiger partial charge in [0.1, 0.15) is 17.1 Å². The van der Waals surface area contributed by atoms with Gasteiger partial charge in [0.2, 0.25) is 0 Å². The minimum atomic E-state index is 0.151. The van der Waals surface area contributed by atoms with Crippen LogP contribution < -0.4 is 0 Å². The monoisotopic (exact) mass is 295 g/mol. The number of hydrogen-bond donors (Lipinski definition) is 1. The maximum atomic E-state index is 9.67. The largest absolute Gasteiger partial charge is 0.508 e. The molecule has 0 fully saturated rings. The molecule has 114 valence electrons. The first kappa shape index (κ1) is 14.6. The summed E-state index contributed by atoms with van der Waals surface area (Å²) in [4.78, 5) is 9.24. The van der Waals surface area contributed by atoms with Gasteiger partial charge in [-0.15, -0.1) is 0 Å². The van der Waals surface area contributed by atoms with Gasteiger partial charge < -0.3 is 9.67 Å². The summed E-state index contributed by atoms with van der Waals surface area (Å²) in [7, 11) is 0. The standard InChI is InChI=1S/C18H21N3O/c1-18(2,3)11-16-20-15-8-5-9-19-17(15)21(16)12-13-6-4-7-14(22)10-13/h4-10,22H,11-12H2,1-3H3. The van der Waals surface area contributed by atoms with Crippen LogP contribution in [0.5, 0.6) is 5.75 Å². The van der Waals surface area contributed by atoms with Gasteiger partial charge in [-0.1, -0.05) is 32.9 Å². The third-order valence-electron chi connectivity index (χ3n) is 3.52. The molecule has 0 amide bonds. The minimum absolute atomic E-state index is 0.151. The number of phenolic OH excluding ortho intramolecular Hbond substituents is 1. The van der Waals surface area contributed by atoms with E-state index in [-0.39, 0.29) is 11.2 Å². The molecular formula is C18H21N3O. The third-order valence-corrected chi connectivity index (χ3v) is 3.52. The van der Waals surface area contributed by atoms with Crippen molar-refractivity contribution < 1.29 is 5.11 Å². The molecule has 4 heteroatoms. The predicted molar refractivity (Wildman–Crippen MR) is 87.9 cm³/mol. The molecule has 3 aromatic rings. The summed E-state index contributed by atoms with van der Waals surface area (Å²) in [6.07, 6.45) is 2.67. The molecular weight excluding hydrogens is 274 g/mol. The molecule has 0 aliphatic heterocycles. The number of benzene rings is 1. The van der Waals surface area contributed by atoms with E-state index < -0.39 is 0 Å². The van der Waals surface area contributed by atoms with Crippen molar-refractivity contribution in [3.8, 4) is 5.75 Å². The van der Waals surface area contributed by atoms with Crippen LogP contribution in [0.3, 0.4) is 0 Å². The van der Waals surface area contributed by atoms with Crippen LogP contribution in [-0.4, -0.2) is 19.6 Å². The highest BCUT2D eigenvalue weighted by molar-refractivity contribution is 5.71. The molecule has 0 aliphatic rings. The van der Waals surface area contributed by atoms with Crippen molar-refractivity contribution in [1.29, 1.82) is 0 Å². The van der Waals surface area contributed by atoms with Crippen molar-refractivity contribution >= 4 is 11.2 Å². The van der Waals surface area contributed by atoms with Gasteiger partial charge in [-0.25, -0.2) is 9.97 Å². The molecule has 0 spiro atoms. The van der Waals surface area contributed by atoms with Crippen molar-refractivity contribution in [2.24, 2.45) is 5.41 Å². The Hall–Kier alpha value is -2.36. The Morgan fingerprint density at radius 1 is 1.14 bits per heavy atom. The Labute approximate surface area is 130 Å². The van der Waals surface area contributed by atoms with Gasteiger partial charge in [-0.2, -0.15) is 0 Å². The number of phenols is 1. The van der Waals surface area contributed by atoms with Crippen LogP contribution in [-0.2, 0) is 13.0 Å². The topological polar surface area (TPSA) is 50.9 Å². The van der Waals surface area contributed by atoms with Gasteiger partial charge in [-0.05, 0) is 35.2 Å². The quantitative estimate of drug-likeness (QED) is 0.800. The van der Waals surface area contributed by atoms with Crippen LogP contribution in [0.1, 0.15) is 32.2 Å². The van der Waals surface area contributed by atoms with Gasteiger partial charge >= 0.3 is 0 Å². The number of nitrogens with zero attached hydrogens (tertiary/aromatic N) is 3. The molecule has 0 bridgehead atoms. The molecule has 0 atom stereocenters. The summed E-state index contributed by atoms with van der Waals surface area (Å²) < 4.78 is 2.15. The molecule has 2 heterocycles. The maximum Gasteiger partial charge on any atom is 0.160 e. The minimum Gasteiger partial charge on any atom is -0.508 e. The molecule has 0 saturated heterocycles. The average molecular weight is 295 g/mol. The van der Waals surface area contributed by atoms with E-state index in [4.69, 9.17) is 4.98 Å². The van der Waals surface area contributed by atoms with Gasteiger partial charge in [0.05, 0.1) is 6.54 Å². The summed E-state index contributed by atoms with van der Waals surface area (Å²) in [5, 5.41) is 9.67. The highest BCUT2D eigenvalue weighted by Crippen LogP contribution is 2.24. The van der Waals surface area contributed by atoms with Gasteiger partial charge in [0.25, 0.3) is 0 Å². The van der Waals surface area contributed by atoms with Crippen LogP contribution in [0.15, 0.2) is 42.6 Å². The molecule has 1 N–H and O–H groups in total. The number of imidazole rings is 1. The highest BCUT2D eigenvalue weighted by Gasteiger charge is 2.18.